The molecule has 0 spiro atoms. The lowest BCUT2D eigenvalue weighted by atomic mass is 10.1. The van der Waals surface area contributed by atoms with Crippen LogP contribution < -0.4 is 10.9 Å². The molecule has 2 N–H and O–H groups in total. The maximum atomic E-state index is 12.7. The minimum Gasteiger partial charge on any atom is -0.321 e. The lowest BCUT2D eigenvalue weighted by Crippen LogP contribution is -2.19. The fourth-order valence-electron chi connectivity index (χ4n) is 1.71. The first kappa shape index (κ1) is 17.5. The molecule has 1 aromatic carbocycles. The summed E-state index contributed by atoms with van der Waals surface area (Å²) in [6.07, 6.45) is -9.21. The molecular weight excluding hydrogens is 344 g/mol. The highest BCUT2D eigenvalue weighted by Crippen LogP contribution is 2.37. The van der Waals surface area contributed by atoms with Crippen LogP contribution in [0.1, 0.15) is 21.6 Å². The Hall–Kier alpha value is -2.85. The molecule has 1 heterocycles. The van der Waals surface area contributed by atoms with Gasteiger partial charge in [-0.25, -0.2) is 4.98 Å². The molecule has 0 saturated carbocycles. The van der Waals surface area contributed by atoms with Crippen LogP contribution in [0.4, 0.5) is 32.0 Å². The first-order valence-corrected chi connectivity index (χ1v) is 6.12. The molecule has 11 heteroatoms. The number of aromatic nitrogens is 2. The number of H-pyrrole nitrogens is 1. The molecule has 0 atom stereocenters. The number of nitrogens with one attached hydrogen (secondary N) is 2. The highest BCUT2D eigenvalue weighted by Gasteiger charge is 2.37. The second kappa shape index (κ2) is 5.98. The maximum Gasteiger partial charge on any atom is 0.416 e. The van der Waals surface area contributed by atoms with Gasteiger partial charge in [-0.2, -0.15) is 26.3 Å². The number of aromatic amines is 1. The second-order valence-corrected chi connectivity index (χ2v) is 4.55. The average molecular weight is 351 g/mol. The zero-order valence-corrected chi connectivity index (χ0v) is 11.4. The molecule has 24 heavy (non-hydrogen) atoms. The van der Waals surface area contributed by atoms with Crippen molar-refractivity contribution in [1.82, 2.24) is 9.97 Å². The SMILES string of the molecule is O=C(Nc1cc(C(F)(F)F)cc(C(F)(F)F)c1)c1cc(=O)[nH]cn1. The Bertz CT molecular complexity index is 793. The van der Waals surface area contributed by atoms with Crippen LogP contribution in [0.5, 0.6) is 0 Å². The van der Waals surface area contributed by atoms with Crippen molar-refractivity contribution >= 4 is 11.6 Å². The van der Waals surface area contributed by atoms with E-state index in [-0.39, 0.29) is 6.07 Å². The smallest absolute Gasteiger partial charge is 0.321 e. The number of hydrogen-bond donors (Lipinski definition) is 2. The van der Waals surface area contributed by atoms with Crippen molar-refractivity contribution in [3.05, 3.63) is 57.8 Å². The summed E-state index contributed by atoms with van der Waals surface area (Å²) in [6, 6.07) is 1.37. The van der Waals surface area contributed by atoms with E-state index in [1.807, 2.05) is 5.32 Å². The second-order valence-electron chi connectivity index (χ2n) is 4.55. The highest BCUT2D eigenvalue weighted by molar-refractivity contribution is 6.02. The minimum atomic E-state index is -5.04. The first-order chi connectivity index (χ1) is 11.0. The van der Waals surface area contributed by atoms with Crippen LogP contribution in [0.15, 0.2) is 35.4 Å². The van der Waals surface area contributed by atoms with Gasteiger partial charge in [0, 0.05) is 11.8 Å². The van der Waals surface area contributed by atoms with Crippen LogP contribution in [0.25, 0.3) is 0 Å². The van der Waals surface area contributed by atoms with Crippen molar-refractivity contribution in [2.45, 2.75) is 12.4 Å². The Morgan fingerprint density at radius 2 is 1.50 bits per heavy atom. The van der Waals surface area contributed by atoms with Crippen LogP contribution in [-0.4, -0.2) is 15.9 Å². The number of hydrogen-bond acceptors (Lipinski definition) is 3. The predicted octanol–water partition coefficient (Wildman–Crippen LogP) is 3.06. The van der Waals surface area contributed by atoms with Crippen molar-refractivity contribution in [1.29, 1.82) is 0 Å². The number of rotatable bonds is 2. The van der Waals surface area contributed by atoms with Gasteiger partial charge in [0.05, 0.1) is 17.5 Å². The Kier molecular flexibility index (Phi) is 4.36. The van der Waals surface area contributed by atoms with E-state index in [0.717, 1.165) is 12.4 Å². The fourth-order valence-corrected chi connectivity index (χ4v) is 1.71. The van der Waals surface area contributed by atoms with Gasteiger partial charge in [-0.15, -0.1) is 0 Å². The van der Waals surface area contributed by atoms with E-state index in [9.17, 15) is 35.9 Å². The number of nitrogens with zero attached hydrogens (tertiary/aromatic N) is 1. The van der Waals surface area contributed by atoms with Gasteiger partial charge in [0.2, 0.25) is 0 Å². The van der Waals surface area contributed by atoms with E-state index in [1.54, 1.807) is 0 Å². The molecule has 1 amide bonds. The summed E-state index contributed by atoms with van der Waals surface area (Å²) in [6.45, 7) is 0. The van der Waals surface area contributed by atoms with E-state index in [0.29, 0.717) is 12.1 Å². The molecule has 0 saturated heterocycles. The van der Waals surface area contributed by atoms with Gasteiger partial charge in [0.15, 0.2) is 0 Å². The molecule has 0 aliphatic heterocycles. The fraction of sp³-hybridized carbons (Fsp3) is 0.154. The molecule has 0 unspecified atom stereocenters. The predicted molar refractivity (Wildman–Crippen MR) is 69.3 cm³/mol. The molecule has 2 rings (SSSR count). The number of carbonyl (C=O) groups is 1. The van der Waals surface area contributed by atoms with E-state index in [1.165, 1.54) is 0 Å². The Morgan fingerprint density at radius 1 is 0.958 bits per heavy atom. The first-order valence-electron chi connectivity index (χ1n) is 6.12. The molecule has 0 radical (unpaired) electrons. The zero-order chi connectivity index (χ0) is 18.1. The summed E-state index contributed by atoms with van der Waals surface area (Å²) in [7, 11) is 0. The number of carbonyl (C=O) groups excluding carboxylic acids is 1. The summed E-state index contributed by atoms with van der Waals surface area (Å²) in [5.74, 6) is -1.13. The normalized spacial score (nSPS) is 12.1. The van der Waals surface area contributed by atoms with Crippen molar-refractivity contribution in [2.24, 2.45) is 0 Å². The molecule has 0 aliphatic carbocycles. The van der Waals surface area contributed by atoms with Gasteiger partial charge in [0.1, 0.15) is 5.69 Å². The number of amides is 1. The highest BCUT2D eigenvalue weighted by atomic mass is 19.4. The average Bonchev–Trinajstić information content (AvgIpc) is 2.45. The lowest BCUT2D eigenvalue weighted by Gasteiger charge is -2.14. The Morgan fingerprint density at radius 3 is 1.96 bits per heavy atom. The van der Waals surface area contributed by atoms with E-state index in [4.69, 9.17) is 0 Å². The summed E-state index contributed by atoms with van der Waals surface area (Å²) in [5, 5.41) is 1.86. The standard InChI is InChI=1S/C13H7F6N3O2/c14-12(15,16)6-1-7(13(17,18)19)3-8(2-6)22-11(24)9-4-10(23)21-5-20-9/h1-5H,(H,22,24)(H,20,21,23). The van der Waals surface area contributed by atoms with Crippen LogP contribution in [0.3, 0.4) is 0 Å². The zero-order valence-electron chi connectivity index (χ0n) is 11.4. The Labute approximate surface area is 129 Å². The number of benzene rings is 1. The summed E-state index contributed by atoms with van der Waals surface area (Å²) in [5.41, 5.74) is -5.07. The minimum absolute atomic E-state index is 0.0683. The van der Waals surface area contributed by atoms with Crippen molar-refractivity contribution in [2.75, 3.05) is 5.32 Å². The Balaban J connectivity index is 2.42. The van der Waals surface area contributed by atoms with Gasteiger partial charge < -0.3 is 10.3 Å². The van der Waals surface area contributed by atoms with Crippen LogP contribution in [0.2, 0.25) is 0 Å². The summed E-state index contributed by atoms with van der Waals surface area (Å²) in [4.78, 5) is 28.4. The quantitative estimate of drug-likeness (QED) is 0.817. The molecule has 2 aromatic rings. The topological polar surface area (TPSA) is 74.8 Å². The van der Waals surface area contributed by atoms with E-state index < -0.39 is 46.3 Å². The maximum absolute atomic E-state index is 12.7. The van der Waals surface area contributed by atoms with Gasteiger partial charge in [-0.05, 0) is 18.2 Å². The van der Waals surface area contributed by atoms with Gasteiger partial charge in [-0.3, -0.25) is 9.59 Å². The van der Waals surface area contributed by atoms with Crippen LogP contribution in [-0.2, 0) is 12.4 Å². The summed E-state index contributed by atoms with van der Waals surface area (Å²) >= 11 is 0. The van der Waals surface area contributed by atoms with Gasteiger partial charge in [0.25, 0.3) is 11.5 Å². The lowest BCUT2D eigenvalue weighted by molar-refractivity contribution is -0.143. The largest absolute Gasteiger partial charge is 0.416 e. The van der Waals surface area contributed by atoms with Crippen LogP contribution in [0, 0.1) is 0 Å². The van der Waals surface area contributed by atoms with Crippen LogP contribution >= 0.6 is 0 Å². The molecule has 0 fully saturated rings. The van der Waals surface area contributed by atoms with Gasteiger partial charge in [-0.1, -0.05) is 0 Å². The van der Waals surface area contributed by atoms with E-state index in [2.05, 4.69) is 9.97 Å². The molecule has 0 aliphatic rings. The molecule has 5 nitrogen and oxygen atoms in total. The molecule has 0 bridgehead atoms. The monoisotopic (exact) mass is 351 g/mol. The molecule has 1 aromatic heterocycles. The molecule has 128 valence electrons. The third kappa shape index (κ3) is 4.12. The molecular formula is C13H7F6N3O2. The van der Waals surface area contributed by atoms with Crippen molar-refractivity contribution in [3.8, 4) is 0 Å². The van der Waals surface area contributed by atoms with E-state index >= 15 is 0 Å². The number of alkyl halides is 6. The number of halogens is 6. The summed E-state index contributed by atoms with van der Waals surface area (Å²) < 4.78 is 76.3. The number of anilines is 1. The third-order valence-corrected chi connectivity index (χ3v) is 2.76. The van der Waals surface area contributed by atoms with Crippen molar-refractivity contribution in [3.63, 3.8) is 0 Å². The van der Waals surface area contributed by atoms with Crippen molar-refractivity contribution < 1.29 is 31.1 Å². The third-order valence-electron chi connectivity index (χ3n) is 2.76. The van der Waals surface area contributed by atoms with Gasteiger partial charge >= 0.3 is 12.4 Å².